The molecule has 14 heavy (non-hydrogen) atoms. The van der Waals surface area contributed by atoms with Gasteiger partial charge in [0, 0.05) is 12.6 Å². The summed E-state index contributed by atoms with van der Waals surface area (Å²) in [6.07, 6.45) is 1.73. The first-order chi connectivity index (χ1) is 6.81. The molecule has 3 nitrogen and oxygen atoms in total. The van der Waals surface area contributed by atoms with Crippen molar-refractivity contribution < 1.29 is 4.42 Å². The minimum Gasteiger partial charge on any atom is -0.424 e. The first-order valence-corrected chi connectivity index (χ1v) is 4.51. The second-order valence-corrected chi connectivity index (χ2v) is 3.09. The predicted octanol–water partition coefficient (Wildman–Crippen LogP) is 2.69. The molecule has 0 aliphatic rings. The van der Waals surface area contributed by atoms with Crippen LogP contribution in [0, 0.1) is 6.92 Å². The van der Waals surface area contributed by atoms with Crippen molar-refractivity contribution >= 4 is 6.01 Å². The fourth-order valence-corrected chi connectivity index (χ4v) is 1.36. The number of anilines is 1. The van der Waals surface area contributed by atoms with E-state index < -0.39 is 0 Å². The standard InChI is InChI=1S/C11H12N2O/c1-8-5-3-4-6-9(8)10-7-13-11(12-2)14-10/h3-7H,1-2H3,(H,12,13). The lowest BCUT2D eigenvalue weighted by Crippen LogP contribution is -1.85. The molecule has 0 fully saturated rings. The largest absolute Gasteiger partial charge is 0.424 e. The van der Waals surface area contributed by atoms with Crippen molar-refractivity contribution in [2.24, 2.45) is 0 Å². The van der Waals surface area contributed by atoms with Crippen molar-refractivity contribution in [3.8, 4) is 11.3 Å². The van der Waals surface area contributed by atoms with Gasteiger partial charge in [0.25, 0.3) is 6.01 Å². The summed E-state index contributed by atoms with van der Waals surface area (Å²) in [4.78, 5) is 4.07. The lowest BCUT2D eigenvalue weighted by atomic mass is 10.1. The molecule has 72 valence electrons. The van der Waals surface area contributed by atoms with Crippen LogP contribution >= 0.6 is 0 Å². The van der Waals surface area contributed by atoms with Gasteiger partial charge in [0.2, 0.25) is 0 Å². The first-order valence-electron chi connectivity index (χ1n) is 4.51. The summed E-state index contributed by atoms with van der Waals surface area (Å²) in [5, 5.41) is 2.86. The lowest BCUT2D eigenvalue weighted by Gasteiger charge is -1.99. The molecule has 0 bridgehead atoms. The Hall–Kier alpha value is -1.77. The topological polar surface area (TPSA) is 38.1 Å². The van der Waals surface area contributed by atoms with Crippen molar-refractivity contribution in [3.05, 3.63) is 36.0 Å². The maximum atomic E-state index is 5.48. The van der Waals surface area contributed by atoms with Crippen molar-refractivity contribution in [2.45, 2.75) is 6.92 Å². The first kappa shape index (κ1) is 8.81. The number of benzene rings is 1. The molecule has 0 radical (unpaired) electrons. The van der Waals surface area contributed by atoms with Crippen LogP contribution in [-0.4, -0.2) is 12.0 Å². The average Bonchev–Trinajstić information content (AvgIpc) is 2.67. The Morgan fingerprint density at radius 1 is 1.29 bits per heavy atom. The zero-order valence-electron chi connectivity index (χ0n) is 8.24. The Kier molecular flexibility index (Phi) is 2.23. The van der Waals surface area contributed by atoms with Crippen molar-refractivity contribution in [2.75, 3.05) is 12.4 Å². The third kappa shape index (κ3) is 1.48. The van der Waals surface area contributed by atoms with E-state index in [-0.39, 0.29) is 0 Å². The zero-order chi connectivity index (χ0) is 9.97. The molecule has 0 saturated heterocycles. The molecule has 0 aliphatic heterocycles. The molecule has 3 heteroatoms. The van der Waals surface area contributed by atoms with E-state index in [0.717, 1.165) is 11.3 Å². The van der Waals surface area contributed by atoms with Crippen LogP contribution in [-0.2, 0) is 0 Å². The van der Waals surface area contributed by atoms with E-state index >= 15 is 0 Å². The van der Waals surface area contributed by atoms with E-state index in [0.29, 0.717) is 6.01 Å². The number of hydrogen-bond donors (Lipinski definition) is 1. The highest BCUT2D eigenvalue weighted by Crippen LogP contribution is 2.24. The summed E-state index contributed by atoms with van der Waals surface area (Å²) in [6.45, 7) is 2.05. The van der Waals surface area contributed by atoms with Crippen LogP contribution < -0.4 is 5.32 Å². The summed E-state index contributed by atoms with van der Waals surface area (Å²) >= 11 is 0. The SMILES string of the molecule is CNc1ncc(-c2ccccc2C)o1. The Bertz CT molecular complexity index is 434. The van der Waals surface area contributed by atoms with Gasteiger partial charge in [-0.1, -0.05) is 24.3 Å². The van der Waals surface area contributed by atoms with Gasteiger partial charge in [-0.3, -0.25) is 0 Å². The third-order valence-electron chi connectivity index (χ3n) is 2.13. The second-order valence-electron chi connectivity index (χ2n) is 3.09. The second kappa shape index (κ2) is 3.54. The summed E-state index contributed by atoms with van der Waals surface area (Å²) in [7, 11) is 1.79. The molecule has 1 aromatic carbocycles. The van der Waals surface area contributed by atoms with Crippen LogP contribution in [0.2, 0.25) is 0 Å². The summed E-state index contributed by atoms with van der Waals surface area (Å²) in [6, 6.07) is 8.62. The van der Waals surface area contributed by atoms with Crippen molar-refractivity contribution in [1.82, 2.24) is 4.98 Å². The van der Waals surface area contributed by atoms with Gasteiger partial charge in [-0.25, -0.2) is 4.98 Å². The van der Waals surface area contributed by atoms with E-state index in [2.05, 4.69) is 23.3 Å². The maximum Gasteiger partial charge on any atom is 0.294 e. The molecule has 0 aliphatic carbocycles. The molecule has 1 N–H and O–H groups in total. The van der Waals surface area contributed by atoms with E-state index in [9.17, 15) is 0 Å². The number of nitrogens with zero attached hydrogens (tertiary/aromatic N) is 1. The molecule has 0 saturated carbocycles. The Balaban J connectivity index is 2.44. The quantitative estimate of drug-likeness (QED) is 0.787. The molecule has 0 amide bonds. The van der Waals surface area contributed by atoms with E-state index in [1.165, 1.54) is 5.56 Å². The van der Waals surface area contributed by atoms with Crippen LogP contribution in [0.1, 0.15) is 5.56 Å². The van der Waals surface area contributed by atoms with Crippen LogP contribution in [0.3, 0.4) is 0 Å². The third-order valence-corrected chi connectivity index (χ3v) is 2.13. The maximum absolute atomic E-state index is 5.48. The number of rotatable bonds is 2. The number of nitrogens with one attached hydrogen (secondary N) is 1. The number of hydrogen-bond acceptors (Lipinski definition) is 3. The Labute approximate surface area is 82.8 Å². The zero-order valence-corrected chi connectivity index (χ0v) is 8.24. The smallest absolute Gasteiger partial charge is 0.294 e. The molecule has 2 aromatic rings. The highest BCUT2D eigenvalue weighted by atomic mass is 16.4. The minimum atomic E-state index is 0.545. The van der Waals surface area contributed by atoms with Crippen LogP contribution in [0.5, 0.6) is 0 Å². The normalized spacial score (nSPS) is 10.1. The average molecular weight is 188 g/mol. The van der Waals surface area contributed by atoms with Gasteiger partial charge in [0.05, 0.1) is 6.20 Å². The number of aromatic nitrogens is 1. The molecule has 0 atom stereocenters. The molecule has 1 aromatic heterocycles. The molecule has 2 rings (SSSR count). The fraction of sp³-hybridized carbons (Fsp3) is 0.182. The Morgan fingerprint density at radius 2 is 2.07 bits per heavy atom. The summed E-state index contributed by atoms with van der Waals surface area (Å²) in [5.74, 6) is 0.799. The van der Waals surface area contributed by atoms with Gasteiger partial charge in [-0.2, -0.15) is 0 Å². The summed E-state index contributed by atoms with van der Waals surface area (Å²) < 4.78 is 5.48. The van der Waals surface area contributed by atoms with Crippen LogP contribution in [0.15, 0.2) is 34.9 Å². The lowest BCUT2D eigenvalue weighted by molar-refractivity contribution is 0.589. The minimum absolute atomic E-state index is 0.545. The Morgan fingerprint density at radius 3 is 2.71 bits per heavy atom. The van der Waals surface area contributed by atoms with E-state index in [1.807, 2.05) is 18.2 Å². The van der Waals surface area contributed by atoms with Gasteiger partial charge in [-0.05, 0) is 12.5 Å². The van der Waals surface area contributed by atoms with Gasteiger partial charge in [0.1, 0.15) is 0 Å². The van der Waals surface area contributed by atoms with Gasteiger partial charge >= 0.3 is 0 Å². The highest BCUT2D eigenvalue weighted by molar-refractivity contribution is 5.61. The van der Waals surface area contributed by atoms with Crippen LogP contribution in [0.4, 0.5) is 6.01 Å². The molecule has 1 heterocycles. The predicted molar refractivity (Wildman–Crippen MR) is 56.2 cm³/mol. The van der Waals surface area contributed by atoms with Gasteiger partial charge < -0.3 is 9.73 Å². The van der Waals surface area contributed by atoms with Crippen molar-refractivity contribution in [3.63, 3.8) is 0 Å². The molecular formula is C11H12N2O. The van der Waals surface area contributed by atoms with Crippen LogP contribution in [0.25, 0.3) is 11.3 Å². The van der Waals surface area contributed by atoms with Crippen molar-refractivity contribution in [1.29, 1.82) is 0 Å². The number of aryl methyl sites for hydroxylation is 1. The van der Waals surface area contributed by atoms with Gasteiger partial charge in [-0.15, -0.1) is 0 Å². The van der Waals surface area contributed by atoms with Gasteiger partial charge in [0.15, 0.2) is 5.76 Å². The summed E-state index contributed by atoms with van der Waals surface area (Å²) in [5.41, 5.74) is 2.27. The fourth-order valence-electron chi connectivity index (χ4n) is 1.36. The molecule has 0 spiro atoms. The van der Waals surface area contributed by atoms with E-state index in [1.54, 1.807) is 13.2 Å². The monoisotopic (exact) mass is 188 g/mol. The number of oxazole rings is 1. The van der Waals surface area contributed by atoms with E-state index in [4.69, 9.17) is 4.42 Å². The molecule has 0 unspecified atom stereocenters. The molecular weight excluding hydrogens is 176 g/mol. The highest BCUT2D eigenvalue weighted by Gasteiger charge is 2.06.